The second-order valence-corrected chi connectivity index (χ2v) is 7.24. The van der Waals surface area contributed by atoms with Gasteiger partial charge in [-0.2, -0.15) is 0 Å². The minimum Gasteiger partial charge on any atom is -0.507 e. The Bertz CT molecular complexity index is 1110. The summed E-state index contributed by atoms with van der Waals surface area (Å²) in [5.74, 6) is 0.163. The van der Waals surface area contributed by atoms with E-state index in [0.717, 1.165) is 27.6 Å². The quantitative estimate of drug-likeness (QED) is 0.598. The predicted molar refractivity (Wildman–Crippen MR) is 113 cm³/mol. The van der Waals surface area contributed by atoms with Crippen LogP contribution in [0.2, 0.25) is 0 Å². The summed E-state index contributed by atoms with van der Waals surface area (Å²) >= 11 is 0. The minimum atomic E-state index is -0.411. The van der Waals surface area contributed by atoms with E-state index in [1.165, 1.54) is 6.07 Å². The lowest BCUT2D eigenvalue weighted by Gasteiger charge is -2.19. The second kappa shape index (κ2) is 8.22. The Kier molecular flexibility index (Phi) is 5.48. The first-order valence-electron chi connectivity index (χ1n) is 10.1. The summed E-state index contributed by atoms with van der Waals surface area (Å²) in [6.07, 6.45) is 0.0337. The van der Waals surface area contributed by atoms with Gasteiger partial charge in [0.1, 0.15) is 17.3 Å². The number of halogens is 1. The van der Waals surface area contributed by atoms with Crippen LogP contribution in [0.25, 0.3) is 10.8 Å². The lowest BCUT2D eigenvalue weighted by Crippen LogP contribution is -2.16. The molecule has 156 valence electrons. The molecule has 30 heavy (non-hydrogen) atoms. The third-order valence-corrected chi connectivity index (χ3v) is 5.34. The number of carbonyl (C=O) groups excluding carboxylic acids is 1. The maximum Gasteiger partial charge on any atom is 0.310 e. The summed E-state index contributed by atoms with van der Waals surface area (Å²) in [5, 5.41) is 12.4. The Hall–Kier alpha value is -3.28. The summed E-state index contributed by atoms with van der Waals surface area (Å²) in [4.78, 5) is 13.5. The zero-order valence-corrected chi connectivity index (χ0v) is 17.1. The molecule has 0 spiro atoms. The molecule has 3 aromatic rings. The maximum atomic E-state index is 14.9. The highest BCUT2D eigenvalue weighted by Gasteiger charge is 2.30. The van der Waals surface area contributed by atoms with Crippen molar-refractivity contribution < 1.29 is 23.8 Å². The van der Waals surface area contributed by atoms with Crippen molar-refractivity contribution in [1.29, 1.82) is 0 Å². The first kappa shape index (κ1) is 20.0. The molecule has 0 atom stereocenters. The molecular formula is C24H24FNO4. The van der Waals surface area contributed by atoms with E-state index >= 15 is 0 Å². The first-order chi connectivity index (χ1) is 14.5. The SMILES string of the molecule is CCOC(=O)Cc1ccc(N2Cc3c(c(OCC)c4ccccc4c3O)C2)c(F)c1. The van der Waals surface area contributed by atoms with Gasteiger partial charge in [0, 0.05) is 35.0 Å². The monoisotopic (exact) mass is 409 g/mol. The van der Waals surface area contributed by atoms with E-state index in [0.29, 0.717) is 37.6 Å². The molecule has 0 bridgehead atoms. The number of carbonyl (C=O) groups is 1. The molecule has 4 rings (SSSR count). The van der Waals surface area contributed by atoms with Crippen molar-refractivity contribution >= 4 is 22.4 Å². The van der Waals surface area contributed by atoms with Crippen LogP contribution < -0.4 is 9.64 Å². The number of phenols is 1. The molecule has 0 fully saturated rings. The summed E-state index contributed by atoms with van der Waals surface area (Å²) in [7, 11) is 0. The zero-order chi connectivity index (χ0) is 21.3. The third-order valence-electron chi connectivity index (χ3n) is 5.34. The number of benzene rings is 3. The molecule has 0 aromatic heterocycles. The summed E-state index contributed by atoms with van der Waals surface area (Å²) < 4.78 is 25.8. The molecule has 1 N–H and O–H groups in total. The minimum absolute atomic E-state index is 0.0337. The Morgan fingerprint density at radius 1 is 1.07 bits per heavy atom. The van der Waals surface area contributed by atoms with Crippen LogP contribution in [0.5, 0.6) is 11.5 Å². The Morgan fingerprint density at radius 2 is 1.80 bits per heavy atom. The molecule has 1 heterocycles. The number of hydrogen-bond donors (Lipinski definition) is 1. The number of rotatable bonds is 6. The molecule has 0 saturated heterocycles. The number of ether oxygens (including phenoxy) is 2. The van der Waals surface area contributed by atoms with Gasteiger partial charge in [0.25, 0.3) is 0 Å². The first-order valence-corrected chi connectivity index (χ1v) is 10.1. The number of aromatic hydroxyl groups is 1. The van der Waals surface area contributed by atoms with E-state index in [-0.39, 0.29) is 18.1 Å². The van der Waals surface area contributed by atoms with Crippen molar-refractivity contribution in [3.63, 3.8) is 0 Å². The van der Waals surface area contributed by atoms with Crippen LogP contribution in [0.15, 0.2) is 42.5 Å². The van der Waals surface area contributed by atoms with Gasteiger partial charge in [-0.3, -0.25) is 4.79 Å². The molecule has 0 saturated carbocycles. The van der Waals surface area contributed by atoms with Gasteiger partial charge < -0.3 is 19.5 Å². The normalized spacial score (nSPS) is 12.8. The standard InChI is InChI=1S/C24H24FNO4/c1-3-29-22(27)12-15-9-10-21(20(25)11-15)26-13-18-19(14-26)24(30-4-2)17-8-6-5-7-16(17)23(18)28/h5-11,28H,3-4,12-14H2,1-2H3. The van der Waals surface area contributed by atoms with E-state index in [1.54, 1.807) is 19.1 Å². The van der Waals surface area contributed by atoms with Gasteiger partial charge in [-0.1, -0.05) is 30.3 Å². The van der Waals surface area contributed by atoms with Crippen LogP contribution in [0.4, 0.5) is 10.1 Å². The van der Waals surface area contributed by atoms with Gasteiger partial charge in [0.2, 0.25) is 0 Å². The Labute approximate surface area is 174 Å². The third kappa shape index (κ3) is 3.54. The van der Waals surface area contributed by atoms with Crippen molar-refractivity contribution in [3.8, 4) is 11.5 Å². The fourth-order valence-corrected chi connectivity index (χ4v) is 4.04. The average Bonchev–Trinajstić information content (AvgIpc) is 3.16. The second-order valence-electron chi connectivity index (χ2n) is 7.24. The van der Waals surface area contributed by atoms with Gasteiger partial charge in [-0.25, -0.2) is 4.39 Å². The van der Waals surface area contributed by atoms with Gasteiger partial charge >= 0.3 is 5.97 Å². The number of phenolic OH excluding ortho intramolecular Hbond substituents is 1. The molecular weight excluding hydrogens is 385 g/mol. The highest BCUT2D eigenvalue weighted by molar-refractivity contribution is 5.96. The maximum absolute atomic E-state index is 14.9. The van der Waals surface area contributed by atoms with Crippen molar-refractivity contribution in [2.24, 2.45) is 0 Å². The van der Waals surface area contributed by atoms with Crippen LogP contribution in [0.3, 0.4) is 0 Å². The van der Waals surface area contributed by atoms with Crippen molar-refractivity contribution in [3.05, 3.63) is 65.0 Å². The van der Waals surface area contributed by atoms with Crippen LogP contribution in [-0.4, -0.2) is 24.3 Å². The highest BCUT2D eigenvalue weighted by Crippen LogP contribution is 2.45. The van der Waals surface area contributed by atoms with E-state index in [4.69, 9.17) is 9.47 Å². The lowest BCUT2D eigenvalue weighted by atomic mass is 10.00. The van der Waals surface area contributed by atoms with Gasteiger partial charge in [0.15, 0.2) is 0 Å². The topological polar surface area (TPSA) is 59.0 Å². The number of anilines is 1. The lowest BCUT2D eigenvalue weighted by molar-refractivity contribution is -0.142. The molecule has 0 amide bonds. The summed E-state index contributed by atoms with van der Waals surface area (Å²) in [6.45, 7) is 5.26. The van der Waals surface area contributed by atoms with Crippen LogP contribution in [-0.2, 0) is 29.0 Å². The number of fused-ring (bicyclic) bond motifs is 2. The fourth-order valence-electron chi connectivity index (χ4n) is 4.04. The van der Waals surface area contributed by atoms with Gasteiger partial charge in [-0.05, 0) is 31.5 Å². The zero-order valence-electron chi connectivity index (χ0n) is 17.1. The van der Waals surface area contributed by atoms with E-state index in [9.17, 15) is 14.3 Å². The van der Waals surface area contributed by atoms with E-state index in [1.807, 2.05) is 36.1 Å². The number of esters is 1. The fraction of sp³-hybridized carbons (Fsp3) is 0.292. The largest absolute Gasteiger partial charge is 0.507 e. The van der Waals surface area contributed by atoms with Crippen LogP contribution in [0, 0.1) is 5.82 Å². The van der Waals surface area contributed by atoms with E-state index in [2.05, 4.69) is 0 Å². The summed E-state index contributed by atoms with van der Waals surface area (Å²) in [5.41, 5.74) is 2.62. The molecule has 5 nitrogen and oxygen atoms in total. The molecule has 1 aliphatic rings. The van der Waals surface area contributed by atoms with Crippen LogP contribution in [0.1, 0.15) is 30.5 Å². The molecule has 3 aromatic carbocycles. The number of hydrogen-bond acceptors (Lipinski definition) is 5. The molecule has 0 unspecified atom stereocenters. The van der Waals surface area contributed by atoms with Gasteiger partial charge in [0.05, 0.1) is 25.3 Å². The summed E-state index contributed by atoms with van der Waals surface area (Å²) in [6, 6.07) is 12.3. The van der Waals surface area contributed by atoms with E-state index < -0.39 is 5.82 Å². The van der Waals surface area contributed by atoms with Crippen molar-refractivity contribution in [2.45, 2.75) is 33.4 Å². The average molecular weight is 409 g/mol. The molecule has 1 aliphatic heterocycles. The molecule has 0 radical (unpaired) electrons. The highest BCUT2D eigenvalue weighted by atomic mass is 19.1. The Morgan fingerprint density at radius 3 is 2.50 bits per heavy atom. The molecule has 0 aliphatic carbocycles. The van der Waals surface area contributed by atoms with Crippen molar-refractivity contribution in [1.82, 2.24) is 0 Å². The van der Waals surface area contributed by atoms with Crippen LogP contribution >= 0.6 is 0 Å². The molecule has 6 heteroatoms. The predicted octanol–water partition coefficient (Wildman–Crippen LogP) is 4.71. The number of nitrogens with zero attached hydrogens (tertiary/aromatic N) is 1. The smallest absolute Gasteiger partial charge is 0.310 e. The Balaban J connectivity index is 1.68. The van der Waals surface area contributed by atoms with Gasteiger partial charge in [-0.15, -0.1) is 0 Å². The van der Waals surface area contributed by atoms with Crippen molar-refractivity contribution in [2.75, 3.05) is 18.1 Å².